The summed E-state index contributed by atoms with van der Waals surface area (Å²) in [6, 6.07) is 7.45. The van der Waals surface area contributed by atoms with Crippen LogP contribution in [0.4, 0.5) is 5.69 Å². The number of aryl methyl sites for hydroxylation is 1. The Hall–Kier alpha value is -0.650. The molecule has 0 bridgehead atoms. The average Bonchev–Trinajstić information content (AvgIpc) is 2.44. The van der Waals surface area contributed by atoms with Crippen molar-refractivity contribution in [1.29, 1.82) is 0 Å². The molecule has 0 aromatic heterocycles. The zero-order valence-corrected chi connectivity index (χ0v) is 16.1. The molecule has 0 radical (unpaired) electrons. The highest BCUT2D eigenvalue weighted by Gasteiger charge is 2.29. The Labute approximate surface area is 155 Å². The molecule has 0 atom stereocenters. The van der Waals surface area contributed by atoms with E-state index >= 15 is 0 Å². The largest absolute Gasteiger partial charge is 0.265 e. The first kappa shape index (κ1) is 18.7. The van der Waals surface area contributed by atoms with Crippen molar-refractivity contribution in [2.24, 2.45) is 0 Å². The number of sulfonamides is 1. The second kappa shape index (κ2) is 7.08. The number of hydrogen-bond donors (Lipinski definition) is 0. The molecule has 2 rings (SSSR count). The van der Waals surface area contributed by atoms with E-state index in [0.29, 0.717) is 16.3 Å². The summed E-state index contributed by atoms with van der Waals surface area (Å²) in [5.41, 5.74) is 1.01. The summed E-state index contributed by atoms with van der Waals surface area (Å²) in [5.74, 6) is 0. The first-order valence-corrected chi connectivity index (χ1v) is 9.57. The van der Waals surface area contributed by atoms with Gasteiger partial charge in [0.2, 0.25) is 0 Å². The molecule has 124 valence electrons. The van der Waals surface area contributed by atoms with E-state index in [-0.39, 0.29) is 26.5 Å². The normalized spacial score (nSPS) is 11.6. The van der Waals surface area contributed by atoms with Gasteiger partial charge in [0.15, 0.2) is 0 Å². The van der Waals surface area contributed by atoms with Crippen molar-refractivity contribution >= 4 is 62.1 Å². The summed E-state index contributed by atoms with van der Waals surface area (Å²) in [7, 11) is -3.93. The van der Waals surface area contributed by atoms with Crippen LogP contribution < -0.4 is 4.31 Å². The van der Waals surface area contributed by atoms with E-state index in [2.05, 4.69) is 0 Å². The van der Waals surface area contributed by atoms with Crippen LogP contribution in [0.5, 0.6) is 0 Å². The minimum Gasteiger partial charge on any atom is -0.265 e. The van der Waals surface area contributed by atoms with Crippen molar-refractivity contribution in [3.8, 4) is 0 Å². The van der Waals surface area contributed by atoms with E-state index in [1.54, 1.807) is 19.9 Å². The molecule has 0 saturated heterocycles. The summed E-state index contributed by atoms with van der Waals surface area (Å²) in [6.07, 6.45) is 0. The maximum absolute atomic E-state index is 13.0. The second-order valence-corrected chi connectivity index (χ2v) is 8.32. The molecule has 0 aliphatic carbocycles. The maximum atomic E-state index is 13.0. The molecular formula is C15H13Cl4NO2S. The molecule has 0 aliphatic rings. The minimum atomic E-state index is -3.93. The third kappa shape index (κ3) is 3.72. The van der Waals surface area contributed by atoms with Gasteiger partial charge in [-0.2, -0.15) is 0 Å². The Morgan fingerprint density at radius 3 is 2.17 bits per heavy atom. The lowest BCUT2D eigenvalue weighted by atomic mass is 10.2. The highest BCUT2D eigenvalue weighted by molar-refractivity contribution is 7.93. The van der Waals surface area contributed by atoms with Crippen LogP contribution in [0.15, 0.2) is 35.2 Å². The average molecular weight is 413 g/mol. The van der Waals surface area contributed by atoms with E-state index in [1.165, 1.54) is 28.6 Å². The van der Waals surface area contributed by atoms with Crippen LogP contribution in [0.25, 0.3) is 0 Å². The lowest BCUT2D eigenvalue weighted by Crippen LogP contribution is -2.32. The van der Waals surface area contributed by atoms with E-state index in [9.17, 15) is 8.42 Å². The summed E-state index contributed by atoms with van der Waals surface area (Å²) in [5, 5.41) is 1.06. The lowest BCUT2D eigenvalue weighted by Gasteiger charge is -2.26. The van der Waals surface area contributed by atoms with Gasteiger partial charge in [0.05, 0.1) is 15.7 Å². The fourth-order valence-electron chi connectivity index (χ4n) is 2.25. The fraction of sp³-hybridized carbons (Fsp3) is 0.200. The van der Waals surface area contributed by atoms with Gasteiger partial charge in [0.1, 0.15) is 4.90 Å². The van der Waals surface area contributed by atoms with Crippen LogP contribution in [0, 0.1) is 6.92 Å². The summed E-state index contributed by atoms with van der Waals surface area (Å²) >= 11 is 24.2. The van der Waals surface area contributed by atoms with Gasteiger partial charge in [-0.05, 0) is 49.7 Å². The third-order valence-electron chi connectivity index (χ3n) is 3.22. The molecule has 0 fully saturated rings. The topological polar surface area (TPSA) is 37.4 Å². The van der Waals surface area contributed by atoms with Crippen LogP contribution in [0.2, 0.25) is 20.1 Å². The third-order valence-corrected chi connectivity index (χ3v) is 6.31. The smallest absolute Gasteiger partial charge is 0.265 e. The number of benzene rings is 2. The number of halogens is 4. The molecule has 0 saturated carbocycles. The zero-order valence-electron chi connectivity index (χ0n) is 12.3. The number of rotatable bonds is 4. The highest BCUT2D eigenvalue weighted by atomic mass is 35.5. The lowest BCUT2D eigenvalue weighted by molar-refractivity contribution is 0.592. The number of anilines is 1. The van der Waals surface area contributed by atoms with Crippen molar-refractivity contribution < 1.29 is 8.42 Å². The van der Waals surface area contributed by atoms with Gasteiger partial charge in [-0.25, -0.2) is 8.42 Å². The summed E-state index contributed by atoms with van der Waals surface area (Å²) in [4.78, 5) is -0.0704. The van der Waals surface area contributed by atoms with Crippen molar-refractivity contribution in [3.63, 3.8) is 0 Å². The van der Waals surface area contributed by atoms with E-state index in [4.69, 9.17) is 46.4 Å². The van der Waals surface area contributed by atoms with Crippen molar-refractivity contribution in [1.82, 2.24) is 0 Å². The Morgan fingerprint density at radius 1 is 0.957 bits per heavy atom. The van der Waals surface area contributed by atoms with Crippen LogP contribution in [0.1, 0.15) is 12.5 Å². The standard InChI is InChI=1S/C15H13Cl4NO2S/c1-3-20(15-9(2)6-11(17)7-13(15)19)23(21,22)14-8-10(16)4-5-12(14)18/h4-8H,3H2,1-2H3. The Morgan fingerprint density at radius 2 is 1.61 bits per heavy atom. The molecule has 0 N–H and O–H groups in total. The molecule has 2 aromatic carbocycles. The van der Waals surface area contributed by atoms with Crippen LogP contribution in [-0.4, -0.2) is 15.0 Å². The molecule has 0 amide bonds. The Balaban J connectivity index is 2.68. The quantitative estimate of drug-likeness (QED) is 0.633. The van der Waals surface area contributed by atoms with Crippen molar-refractivity contribution in [2.75, 3.05) is 10.8 Å². The number of hydrogen-bond acceptors (Lipinski definition) is 2. The van der Waals surface area contributed by atoms with Crippen molar-refractivity contribution in [3.05, 3.63) is 56.0 Å². The molecule has 8 heteroatoms. The van der Waals surface area contributed by atoms with Gasteiger partial charge in [-0.1, -0.05) is 46.4 Å². The first-order valence-electron chi connectivity index (χ1n) is 6.62. The molecule has 0 unspecified atom stereocenters. The molecular weight excluding hydrogens is 400 g/mol. The molecule has 0 heterocycles. The van der Waals surface area contributed by atoms with E-state index < -0.39 is 10.0 Å². The van der Waals surface area contributed by atoms with E-state index in [1.807, 2.05) is 0 Å². The van der Waals surface area contributed by atoms with Crippen LogP contribution in [-0.2, 0) is 10.0 Å². The molecule has 0 spiro atoms. The first-order chi connectivity index (χ1) is 10.7. The van der Waals surface area contributed by atoms with Gasteiger partial charge in [-0.15, -0.1) is 0 Å². The van der Waals surface area contributed by atoms with Gasteiger partial charge < -0.3 is 0 Å². The van der Waals surface area contributed by atoms with Gasteiger partial charge in [0.25, 0.3) is 10.0 Å². The maximum Gasteiger partial charge on any atom is 0.265 e. The second-order valence-electron chi connectivity index (χ2n) is 4.80. The van der Waals surface area contributed by atoms with Crippen molar-refractivity contribution in [2.45, 2.75) is 18.7 Å². The predicted octanol–water partition coefficient (Wildman–Crippen LogP) is 5.82. The van der Waals surface area contributed by atoms with Crippen LogP contribution in [0.3, 0.4) is 0 Å². The van der Waals surface area contributed by atoms with Gasteiger partial charge in [0, 0.05) is 16.6 Å². The SMILES string of the molecule is CCN(c1c(C)cc(Cl)cc1Cl)S(=O)(=O)c1cc(Cl)ccc1Cl. The van der Waals surface area contributed by atoms with Crippen LogP contribution >= 0.6 is 46.4 Å². The zero-order chi connectivity index (χ0) is 17.4. The highest BCUT2D eigenvalue weighted by Crippen LogP contribution is 2.37. The Kier molecular flexibility index (Phi) is 5.75. The Bertz CT molecular complexity index is 830. The predicted molar refractivity (Wildman–Crippen MR) is 97.9 cm³/mol. The molecule has 2 aromatic rings. The molecule has 3 nitrogen and oxygen atoms in total. The monoisotopic (exact) mass is 411 g/mol. The molecule has 0 aliphatic heterocycles. The van der Waals surface area contributed by atoms with Gasteiger partial charge in [-0.3, -0.25) is 4.31 Å². The number of nitrogens with zero attached hydrogens (tertiary/aromatic N) is 1. The molecule has 23 heavy (non-hydrogen) atoms. The van der Waals surface area contributed by atoms with E-state index in [0.717, 1.165) is 0 Å². The summed E-state index contributed by atoms with van der Waals surface area (Å²) < 4.78 is 27.2. The van der Waals surface area contributed by atoms with Gasteiger partial charge >= 0.3 is 0 Å². The fourth-order valence-corrected chi connectivity index (χ4v) is 5.30. The summed E-state index contributed by atoms with van der Waals surface area (Å²) in [6.45, 7) is 3.62. The minimum absolute atomic E-state index is 0.0704.